The average molecular weight is 395 g/mol. The zero-order valence-corrected chi connectivity index (χ0v) is 16.1. The summed E-state index contributed by atoms with van der Waals surface area (Å²) in [4.78, 5) is 27.5. The number of carbonyl (C=O) groups is 2. The zero-order valence-electron chi connectivity index (χ0n) is 13.7. The van der Waals surface area contributed by atoms with Crippen LogP contribution in [0.1, 0.15) is 28.1 Å². The average Bonchev–Trinajstić information content (AvgIpc) is 3.25. The van der Waals surface area contributed by atoms with Crippen LogP contribution in [0.25, 0.3) is 0 Å². The van der Waals surface area contributed by atoms with Gasteiger partial charge in [-0.25, -0.2) is 0 Å². The smallest absolute Gasteiger partial charge is 0.253 e. The molecule has 2 heterocycles. The second-order valence-electron chi connectivity index (χ2n) is 5.70. The van der Waals surface area contributed by atoms with Crippen molar-refractivity contribution in [1.82, 2.24) is 5.32 Å². The molecule has 1 aliphatic rings. The van der Waals surface area contributed by atoms with Gasteiger partial charge in [0.1, 0.15) is 0 Å². The molecule has 4 nitrogen and oxygen atoms in total. The van der Waals surface area contributed by atoms with E-state index in [1.165, 1.54) is 4.88 Å². The zero-order chi connectivity index (χ0) is 17.6. The van der Waals surface area contributed by atoms with Gasteiger partial charge in [0.25, 0.3) is 5.91 Å². The molecule has 0 spiro atoms. The monoisotopic (exact) mass is 394 g/mol. The number of thioether (sulfide) groups is 1. The minimum atomic E-state index is -0.164. The van der Waals surface area contributed by atoms with Gasteiger partial charge < -0.3 is 10.2 Å². The first-order valence-electron chi connectivity index (χ1n) is 8.13. The van der Waals surface area contributed by atoms with Gasteiger partial charge in [-0.15, -0.1) is 11.3 Å². The van der Waals surface area contributed by atoms with Gasteiger partial charge in [0.05, 0.1) is 11.3 Å². The molecule has 1 N–H and O–H groups in total. The van der Waals surface area contributed by atoms with E-state index in [4.69, 9.17) is 11.6 Å². The molecule has 1 fully saturated rings. The van der Waals surface area contributed by atoms with Crippen molar-refractivity contribution in [3.63, 3.8) is 0 Å². The van der Waals surface area contributed by atoms with Crippen LogP contribution in [0.15, 0.2) is 35.7 Å². The van der Waals surface area contributed by atoms with Gasteiger partial charge in [-0.1, -0.05) is 17.7 Å². The van der Waals surface area contributed by atoms with E-state index in [9.17, 15) is 9.59 Å². The minimum Gasteiger partial charge on any atom is -0.351 e. The summed E-state index contributed by atoms with van der Waals surface area (Å²) in [6.07, 6.45) is 1.33. The van der Waals surface area contributed by atoms with Crippen LogP contribution in [0.5, 0.6) is 0 Å². The number of anilines is 1. The molecular formula is C18H19ClN2O2S2. The lowest BCUT2D eigenvalue weighted by Crippen LogP contribution is -2.30. The van der Waals surface area contributed by atoms with Crippen LogP contribution in [0.2, 0.25) is 5.02 Å². The fraction of sp³-hybridized carbons (Fsp3) is 0.333. The van der Waals surface area contributed by atoms with Crippen LogP contribution >= 0.6 is 34.7 Å². The van der Waals surface area contributed by atoms with Crippen molar-refractivity contribution in [2.45, 2.75) is 18.6 Å². The van der Waals surface area contributed by atoms with E-state index in [2.05, 4.69) is 16.8 Å². The number of halogens is 1. The highest BCUT2D eigenvalue weighted by atomic mass is 35.5. The number of thiophene rings is 1. The highest BCUT2D eigenvalue weighted by molar-refractivity contribution is 7.98. The normalized spacial score (nSPS) is 14.1. The number of rotatable bonds is 7. The standard InChI is InChI=1S/C18H19ClN2O2S2/c19-13-5-6-15(16(11-13)21-8-1-4-17(21)22)18(23)20-7-10-24-12-14-3-2-9-25-14/h2-3,5-6,9,11H,1,4,7-8,10,12H2,(H,20,23). The highest BCUT2D eigenvalue weighted by Gasteiger charge is 2.26. The Bertz CT molecular complexity index is 750. The Morgan fingerprint density at radius 3 is 2.96 bits per heavy atom. The van der Waals surface area contributed by atoms with Crippen LogP contribution in [0.3, 0.4) is 0 Å². The summed E-state index contributed by atoms with van der Waals surface area (Å²) >= 11 is 9.60. The van der Waals surface area contributed by atoms with E-state index in [1.807, 2.05) is 6.07 Å². The molecule has 1 aliphatic heterocycles. The molecule has 1 aromatic carbocycles. The van der Waals surface area contributed by atoms with Gasteiger partial charge >= 0.3 is 0 Å². The lowest BCUT2D eigenvalue weighted by atomic mass is 10.1. The summed E-state index contributed by atoms with van der Waals surface area (Å²) in [5.41, 5.74) is 1.11. The summed E-state index contributed by atoms with van der Waals surface area (Å²) in [6.45, 7) is 1.22. The molecule has 25 heavy (non-hydrogen) atoms. The highest BCUT2D eigenvalue weighted by Crippen LogP contribution is 2.28. The Morgan fingerprint density at radius 2 is 2.24 bits per heavy atom. The number of hydrogen-bond donors (Lipinski definition) is 1. The van der Waals surface area contributed by atoms with E-state index in [1.54, 1.807) is 46.2 Å². The molecule has 0 saturated carbocycles. The third-order valence-corrected chi connectivity index (χ3v) is 6.23. The third kappa shape index (κ3) is 4.77. The summed E-state index contributed by atoms with van der Waals surface area (Å²) in [5.74, 6) is 1.68. The lowest BCUT2D eigenvalue weighted by Gasteiger charge is -2.19. The predicted molar refractivity (Wildman–Crippen MR) is 106 cm³/mol. The largest absolute Gasteiger partial charge is 0.351 e. The van der Waals surface area contributed by atoms with Gasteiger partial charge in [-0.2, -0.15) is 11.8 Å². The van der Waals surface area contributed by atoms with Crippen molar-refractivity contribution < 1.29 is 9.59 Å². The number of nitrogens with one attached hydrogen (secondary N) is 1. The molecule has 2 amide bonds. The molecule has 1 saturated heterocycles. The second-order valence-corrected chi connectivity index (χ2v) is 8.27. The van der Waals surface area contributed by atoms with Crippen molar-refractivity contribution in [3.8, 4) is 0 Å². The van der Waals surface area contributed by atoms with Gasteiger partial charge in [-0.05, 0) is 36.1 Å². The topological polar surface area (TPSA) is 49.4 Å². The van der Waals surface area contributed by atoms with Crippen LogP contribution in [-0.4, -0.2) is 30.7 Å². The Morgan fingerprint density at radius 1 is 1.36 bits per heavy atom. The maximum absolute atomic E-state index is 12.5. The SMILES string of the molecule is O=C(NCCSCc1cccs1)c1ccc(Cl)cc1N1CCCC1=O. The van der Waals surface area contributed by atoms with Crippen molar-refractivity contribution in [2.24, 2.45) is 0 Å². The molecule has 2 aromatic rings. The van der Waals surface area contributed by atoms with Crippen molar-refractivity contribution in [3.05, 3.63) is 51.2 Å². The summed E-state index contributed by atoms with van der Waals surface area (Å²) < 4.78 is 0. The molecule has 0 atom stereocenters. The lowest BCUT2D eigenvalue weighted by molar-refractivity contribution is -0.117. The van der Waals surface area contributed by atoms with E-state index >= 15 is 0 Å². The van der Waals surface area contributed by atoms with Gasteiger partial charge in [-0.3, -0.25) is 9.59 Å². The second kappa shape index (κ2) is 8.74. The molecule has 7 heteroatoms. The summed E-state index contributed by atoms with van der Waals surface area (Å²) in [5, 5.41) is 5.53. The van der Waals surface area contributed by atoms with Crippen LogP contribution in [-0.2, 0) is 10.5 Å². The molecule has 1 aromatic heterocycles. The molecule has 0 radical (unpaired) electrons. The van der Waals surface area contributed by atoms with Gasteiger partial charge in [0, 0.05) is 40.9 Å². The first-order valence-corrected chi connectivity index (χ1v) is 10.5. The molecule has 0 unspecified atom stereocenters. The van der Waals surface area contributed by atoms with E-state index in [0.29, 0.717) is 35.8 Å². The number of carbonyl (C=O) groups excluding carboxylic acids is 2. The number of hydrogen-bond acceptors (Lipinski definition) is 4. The molecule has 0 aliphatic carbocycles. The van der Waals surface area contributed by atoms with Gasteiger partial charge in [0.15, 0.2) is 0 Å². The minimum absolute atomic E-state index is 0.0443. The Labute approximate surface area is 160 Å². The quantitative estimate of drug-likeness (QED) is 0.716. The van der Waals surface area contributed by atoms with Crippen molar-refractivity contribution >= 4 is 52.2 Å². The van der Waals surface area contributed by atoms with Crippen molar-refractivity contribution in [2.75, 3.05) is 23.7 Å². The Balaban J connectivity index is 1.57. The molecule has 3 rings (SSSR count). The predicted octanol–water partition coefficient (Wildman–Crippen LogP) is 4.19. The molecule has 0 bridgehead atoms. The number of amides is 2. The van der Waals surface area contributed by atoms with E-state index in [0.717, 1.165) is 17.9 Å². The van der Waals surface area contributed by atoms with Crippen LogP contribution in [0.4, 0.5) is 5.69 Å². The fourth-order valence-electron chi connectivity index (χ4n) is 2.72. The van der Waals surface area contributed by atoms with Crippen molar-refractivity contribution in [1.29, 1.82) is 0 Å². The van der Waals surface area contributed by atoms with E-state index in [-0.39, 0.29) is 11.8 Å². The molecule has 132 valence electrons. The van der Waals surface area contributed by atoms with Crippen LogP contribution in [0, 0.1) is 0 Å². The first-order chi connectivity index (χ1) is 12.1. The fourth-order valence-corrected chi connectivity index (χ4v) is 4.59. The summed E-state index contributed by atoms with van der Waals surface area (Å²) in [7, 11) is 0. The maximum Gasteiger partial charge on any atom is 0.253 e. The Hall–Kier alpha value is -1.50. The first kappa shape index (κ1) is 18.3. The number of nitrogens with zero attached hydrogens (tertiary/aromatic N) is 1. The third-order valence-electron chi connectivity index (χ3n) is 3.92. The molecular weight excluding hydrogens is 376 g/mol. The van der Waals surface area contributed by atoms with E-state index < -0.39 is 0 Å². The maximum atomic E-state index is 12.5. The summed E-state index contributed by atoms with van der Waals surface area (Å²) in [6, 6.07) is 9.24. The Kier molecular flexibility index (Phi) is 6.39. The van der Waals surface area contributed by atoms with Gasteiger partial charge in [0.2, 0.25) is 5.91 Å². The van der Waals surface area contributed by atoms with Crippen LogP contribution < -0.4 is 10.2 Å². The number of benzene rings is 1.